The molecule has 0 aromatic heterocycles. The molecule has 2 aliphatic heterocycles. The smallest absolute Gasteiger partial charge is 0.223 e. The maximum absolute atomic E-state index is 13.0. The summed E-state index contributed by atoms with van der Waals surface area (Å²) in [4.78, 5) is 15.1. The Morgan fingerprint density at radius 2 is 1.82 bits per heavy atom. The number of fused-ring (bicyclic) bond motifs is 2. The number of piperidine rings is 1. The predicted molar refractivity (Wildman–Crippen MR) is 111 cm³/mol. The van der Waals surface area contributed by atoms with Crippen LogP contribution in [-0.2, 0) is 11.2 Å². The van der Waals surface area contributed by atoms with Gasteiger partial charge >= 0.3 is 0 Å². The van der Waals surface area contributed by atoms with Crippen LogP contribution in [0.3, 0.4) is 0 Å². The Bertz CT molecular complexity index is 812. The Balaban J connectivity index is 1.35. The molecule has 4 rings (SSSR count). The van der Waals surface area contributed by atoms with Gasteiger partial charge in [-0.25, -0.2) is 4.39 Å². The lowest BCUT2D eigenvalue weighted by molar-refractivity contribution is -0.135. The predicted octanol–water partition coefficient (Wildman–Crippen LogP) is 5.44. The molecule has 2 heterocycles. The zero-order valence-corrected chi connectivity index (χ0v) is 17.0. The topological polar surface area (TPSA) is 29.5 Å². The van der Waals surface area contributed by atoms with Crippen LogP contribution in [-0.4, -0.2) is 34.4 Å². The number of carbonyl (C=O) groups is 1. The van der Waals surface area contributed by atoms with Gasteiger partial charge in [0.1, 0.15) is 17.3 Å². The maximum atomic E-state index is 13.0. The minimum absolute atomic E-state index is 0.282. The summed E-state index contributed by atoms with van der Waals surface area (Å²) < 4.78 is 18.8. The number of rotatable bonds is 6. The molecule has 2 fully saturated rings. The van der Waals surface area contributed by atoms with Gasteiger partial charge in [0.15, 0.2) is 0 Å². The third kappa shape index (κ3) is 4.35. The molecule has 0 saturated carbocycles. The van der Waals surface area contributed by atoms with Crippen LogP contribution in [0.15, 0.2) is 48.5 Å². The van der Waals surface area contributed by atoms with Crippen LogP contribution in [0.4, 0.5) is 4.39 Å². The molecule has 3 atom stereocenters. The SMILES string of the molecule is CSC1C[C@H]2CC[C@@H](C1)N2C(=O)CCc1cccc(Oc2ccc(F)cc2)c1. The first kappa shape index (κ1) is 19.3. The van der Waals surface area contributed by atoms with Gasteiger partial charge in [-0.2, -0.15) is 11.8 Å². The fourth-order valence-electron chi connectivity index (χ4n) is 4.51. The number of ether oxygens (including phenoxy) is 1. The molecule has 1 amide bonds. The number of hydrogen-bond donors (Lipinski definition) is 0. The van der Waals surface area contributed by atoms with E-state index in [2.05, 4.69) is 11.2 Å². The van der Waals surface area contributed by atoms with Gasteiger partial charge < -0.3 is 9.64 Å². The summed E-state index contributed by atoms with van der Waals surface area (Å²) in [6, 6.07) is 14.7. The van der Waals surface area contributed by atoms with Crippen molar-refractivity contribution in [3.8, 4) is 11.5 Å². The Kier molecular flexibility index (Phi) is 5.90. The molecule has 0 aliphatic carbocycles. The van der Waals surface area contributed by atoms with Gasteiger partial charge in [-0.3, -0.25) is 4.79 Å². The number of halogens is 1. The molecule has 1 unspecified atom stereocenters. The Morgan fingerprint density at radius 1 is 1.11 bits per heavy atom. The lowest BCUT2D eigenvalue weighted by atomic mass is 10.0. The molecule has 2 saturated heterocycles. The third-order valence-electron chi connectivity index (χ3n) is 5.89. The first-order valence-electron chi connectivity index (χ1n) is 9.98. The van der Waals surface area contributed by atoms with E-state index in [1.165, 1.54) is 12.1 Å². The van der Waals surface area contributed by atoms with E-state index in [4.69, 9.17) is 4.74 Å². The highest BCUT2D eigenvalue weighted by atomic mass is 32.2. The van der Waals surface area contributed by atoms with Gasteiger partial charge in [-0.05, 0) is 80.3 Å². The van der Waals surface area contributed by atoms with Crippen molar-refractivity contribution < 1.29 is 13.9 Å². The molecule has 3 nitrogen and oxygen atoms in total. The van der Waals surface area contributed by atoms with E-state index in [1.54, 1.807) is 12.1 Å². The number of carbonyl (C=O) groups excluding carboxylic acids is 1. The normalized spacial score (nSPS) is 23.6. The third-order valence-corrected chi connectivity index (χ3v) is 6.94. The van der Waals surface area contributed by atoms with Crippen molar-refractivity contribution in [1.29, 1.82) is 0 Å². The number of thioether (sulfide) groups is 1. The van der Waals surface area contributed by atoms with Crippen LogP contribution in [0.25, 0.3) is 0 Å². The first-order valence-corrected chi connectivity index (χ1v) is 11.3. The average Bonchev–Trinajstić information content (AvgIpc) is 2.98. The zero-order valence-electron chi connectivity index (χ0n) is 16.1. The van der Waals surface area contributed by atoms with Gasteiger partial charge in [-0.15, -0.1) is 0 Å². The van der Waals surface area contributed by atoms with Gasteiger partial charge in [0.2, 0.25) is 5.91 Å². The van der Waals surface area contributed by atoms with Gasteiger partial charge in [0.25, 0.3) is 0 Å². The molecule has 0 radical (unpaired) electrons. The van der Waals surface area contributed by atoms with Crippen LogP contribution in [0.1, 0.15) is 37.7 Å². The van der Waals surface area contributed by atoms with Gasteiger partial charge in [-0.1, -0.05) is 12.1 Å². The average molecular weight is 400 g/mol. The molecule has 5 heteroatoms. The number of benzene rings is 2. The Hall–Kier alpha value is -2.01. The summed E-state index contributed by atoms with van der Waals surface area (Å²) in [5, 5.41) is 0.710. The van der Waals surface area contributed by atoms with E-state index in [1.807, 2.05) is 36.0 Å². The Labute approximate surface area is 170 Å². The highest BCUT2D eigenvalue weighted by Gasteiger charge is 2.42. The molecule has 148 valence electrons. The van der Waals surface area contributed by atoms with Crippen molar-refractivity contribution in [2.75, 3.05) is 6.26 Å². The summed E-state index contributed by atoms with van der Waals surface area (Å²) in [5.74, 6) is 1.31. The van der Waals surface area contributed by atoms with Crippen molar-refractivity contribution in [2.24, 2.45) is 0 Å². The fourth-order valence-corrected chi connectivity index (χ4v) is 5.34. The van der Waals surface area contributed by atoms with E-state index < -0.39 is 0 Å². The fraction of sp³-hybridized carbons (Fsp3) is 0.435. The maximum Gasteiger partial charge on any atom is 0.223 e. The van der Waals surface area contributed by atoms with Crippen molar-refractivity contribution in [3.05, 3.63) is 59.9 Å². The number of aryl methyl sites for hydroxylation is 1. The van der Waals surface area contributed by atoms with Crippen LogP contribution in [0, 0.1) is 5.82 Å². The standard InChI is InChI=1S/C23H26FNO2S/c1-28-22-14-18-8-9-19(15-22)25(18)23(26)12-5-16-3-2-4-21(13-16)27-20-10-6-17(24)7-11-20/h2-4,6-7,10-11,13,18-19,22H,5,8-9,12,14-15H2,1H3/t18-,19+,22?. The molecule has 2 aromatic carbocycles. The zero-order chi connectivity index (χ0) is 19.5. The lowest BCUT2D eigenvalue weighted by Gasteiger charge is -2.38. The molecule has 0 spiro atoms. The second-order valence-corrected chi connectivity index (χ2v) is 8.86. The van der Waals surface area contributed by atoms with E-state index >= 15 is 0 Å². The minimum atomic E-state index is -0.282. The monoisotopic (exact) mass is 399 g/mol. The number of amides is 1. The quantitative estimate of drug-likeness (QED) is 0.648. The van der Waals surface area contributed by atoms with Crippen LogP contribution in [0.5, 0.6) is 11.5 Å². The van der Waals surface area contributed by atoms with Crippen LogP contribution in [0.2, 0.25) is 0 Å². The molecule has 0 N–H and O–H groups in total. The lowest BCUT2D eigenvalue weighted by Crippen LogP contribution is -2.47. The van der Waals surface area contributed by atoms with Crippen molar-refractivity contribution in [1.82, 2.24) is 4.90 Å². The van der Waals surface area contributed by atoms with Crippen molar-refractivity contribution in [3.63, 3.8) is 0 Å². The summed E-state index contributed by atoms with van der Waals surface area (Å²) in [6.07, 6.45) is 8.04. The second kappa shape index (κ2) is 8.56. The molecule has 2 aliphatic rings. The Morgan fingerprint density at radius 3 is 2.50 bits per heavy atom. The second-order valence-electron chi connectivity index (χ2n) is 7.72. The van der Waals surface area contributed by atoms with Gasteiger partial charge in [0.05, 0.1) is 0 Å². The summed E-state index contributed by atoms with van der Waals surface area (Å²) in [5.41, 5.74) is 1.08. The minimum Gasteiger partial charge on any atom is -0.457 e. The molecular formula is C23H26FNO2S. The molecule has 2 bridgehead atoms. The summed E-state index contributed by atoms with van der Waals surface area (Å²) in [6.45, 7) is 0. The van der Waals surface area contributed by atoms with E-state index in [0.29, 0.717) is 41.7 Å². The number of hydrogen-bond acceptors (Lipinski definition) is 3. The van der Waals surface area contributed by atoms with Gasteiger partial charge in [0, 0.05) is 23.8 Å². The molecule has 28 heavy (non-hydrogen) atoms. The number of nitrogens with zero attached hydrogens (tertiary/aromatic N) is 1. The summed E-state index contributed by atoms with van der Waals surface area (Å²) >= 11 is 1.95. The highest BCUT2D eigenvalue weighted by Crippen LogP contribution is 2.40. The van der Waals surface area contributed by atoms with E-state index in [0.717, 1.165) is 31.2 Å². The van der Waals surface area contributed by atoms with E-state index in [-0.39, 0.29) is 11.7 Å². The van der Waals surface area contributed by atoms with E-state index in [9.17, 15) is 9.18 Å². The van der Waals surface area contributed by atoms with Crippen molar-refractivity contribution in [2.45, 2.75) is 55.9 Å². The molecular weight excluding hydrogens is 373 g/mol. The van der Waals surface area contributed by atoms with Crippen molar-refractivity contribution >= 4 is 17.7 Å². The van der Waals surface area contributed by atoms with Crippen LogP contribution < -0.4 is 4.74 Å². The first-order chi connectivity index (χ1) is 13.6. The molecule has 2 aromatic rings. The highest BCUT2D eigenvalue weighted by molar-refractivity contribution is 7.99. The van der Waals surface area contributed by atoms with Crippen LogP contribution >= 0.6 is 11.8 Å². The summed E-state index contributed by atoms with van der Waals surface area (Å²) in [7, 11) is 0. The largest absolute Gasteiger partial charge is 0.457 e.